The summed E-state index contributed by atoms with van der Waals surface area (Å²) >= 11 is 0. The average Bonchev–Trinajstić information content (AvgIpc) is 2.76. The zero-order chi connectivity index (χ0) is 21.3. The fourth-order valence-electron chi connectivity index (χ4n) is 5.77. The van der Waals surface area contributed by atoms with E-state index in [4.69, 9.17) is 14.2 Å². The molecule has 0 bridgehead atoms. The summed E-state index contributed by atoms with van der Waals surface area (Å²) in [5, 5.41) is 0. The van der Waals surface area contributed by atoms with Gasteiger partial charge in [0.2, 0.25) is 0 Å². The molecule has 3 atom stereocenters. The predicted molar refractivity (Wildman–Crippen MR) is 120 cm³/mol. The van der Waals surface area contributed by atoms with Crippen molar-refractivity contribution in [2.45, 2.75) is 129 Å². The molecule has 0 N–H and O–H groups in total. The summed E-state index contributed by atoms with van der Waals surface area (Å²) in [7, 11) is 0. The molecule has 3 rings (SSSR count). The lowest BCUT2D eigenvalue weighted by Gasteiger charge is -2.40. The van der Waals surface area contributed by atoms with E-state index in [1.54, 1.807) is 0 Å². The van der Waals surface area contributed by atoms with Gasteiger partial charge < -0.3 is 14.2 Å². The third-order valence-corrected chi connectivity index (χ3v) is 7.93. The van der Waals surface area contributed by atoms with E-state index in [2.05, 4.69) is 20.8 Å². The van der Waals surface area contributed by atoms with E-state index in [0.717, 1.165) is 51.0 Å². The summed E-state index contributed by atoms with van der Waals surface area (Å²) in [6, 6.07) is 0. The molecule has 2 aliphatic carbocycles. The Morgan fingerprint density at radius 1 is 0.900 bits per heavy atom. The van der Waals surface area contributed by atoms with Crippen LogP contribution >= 0.6 is 0 Å². The number of hydrogen-bond donors (Lipinski definition) is 0. The lowest BCUT2D eigenvalue weighted by Crippen LogP contribution is -2.43. The van der Waals surface area contributed by atoms with Gasteiger partial charge in [0.25, 0.3) is 0 Å². The Balaban J connectivity index is 1.34. The molecular formula is C26H46O4. The van der Waals surface area contributed by atoms with Gasteiger partial charge in [-0.3, -0.25) is 4.79 Å². The average molecular weight is 423 g/mol. The number of esters is 1. The van der Waals surface area contributed by atoms with Gasteiger partial charge in [-0.1, -0.05) is 46.0 Å². The fourth-order valence-corrected chi connectivity index (χ4v) is 5.77. The zero-order valence-corrected chi connectivity index (χ0v) is 19.8. The lowest BCUT2D eigenvalue weighted by atomic mass is 9.81. The number of unbranched alkanes of at least 4 members (excludes halogenated alkanes) is 2. The van der Waals surface area contributed by atoms with Crippen molar-refractivity contribution in [3.63, 3.8) is 0 Å². The highest BCUT2D eigenvalue weighted by Gasteiger charge is 2.37. The van der Waals surface area contributed by atoms with Crippen LogP contribution in [0.1, 0.15) is 111 Å². The van der Waals surface area contributed by atoms with E-state index < -0.39 is 0 Å². The molecule has 3 fully saturated rings. The van der Waals surface area contributed by atoms with Gasteiger partial charge >= 0.3 is 5.97 Å². The summed E-state index contributed by atoms with van der Waals surface area (Å²) in [6.07, 6.45) is 16.5. The quantitative estimate of drug-likeness (QED) is 0.308. The minimum Gasteiger partial charge on any atom is -0.462 e. The third kappa shape index (κ3) is 6.95. The van der Waals surface area contributed by atoms with Crippen molar-refractivity contribution in [2.75, 3.05) is 6.61 Å². The molecule has 0 aromatic carbocycles. The SMILES string of the molecule is CCCCCC1CO[C@H]([C@H]2CC[C@H](C(=O)OC3CCC(CCC)CC3)CC2)O[C@H]1C. The maximum Gasteiger partial charge on any atom is 0.309 e. The van der Waals surface area contributed by atoms with E-state index in [1.165, 1.54) is 51.4 Å². The molecule has 0 aromatic heterocycles. The molecule has 30 heavy (non-hydrogen) atoms. The van der Waals surface area contributed by atoms with Crippen LogP contribution in [0.4, 0.5) is 0 Å². The molecule has 0 spiro atoms. The number of hydrogen-bond acceptors (Lipinski definition) is 4. The highest BCUT2D eigenvalue weighted by molar-refractivity contribution is 5.72. The van der Waals surface area contributed by atoms with Crippen molar-refractivity contribution in [2.24, 2.45) is 23.7 Å². The van der Waals surface area contributed by atoms with Gasteiger partial charge in [-0.05, 0) is 70.6 Å². The monoisotopic (exact) mass is 422 g/mol. The largest absolute Gasteiger partial charge is 0.462 e. The Morgan fingerprint density at radius 2 is 1.63 bits per heavy atom. The van der Waals surface area contributed by atoms with Gasteiger partial charge in [-0.2, -0.15) is 0 Å². The van der Waals surface area contributed by atoms with Crippen molar-refractivity contribution >= 4 is 5.97 Å². The second kappa shape index (κ2) is 12.4. The van der Waals surface area contributed by atoms with Crippen LogP contribution in [0.3, 0.4) is 0 Å². The second-order valence-electron chi connectivity index (χ2n) is 10.3. The molecule has 1 aliphatic heterocycles. The first-order valence-corrected chi connectivity index (χ1v) is 13.1. The summed E-state index contributed by atoms with van der Waals surface area (Å²) in [4.78, 5) is 12.7. The smallest absolute Gasteiger partial charge is 0.309 e. The maximum absolute atomic E-state index is 12.7. The van der Waals surface area contributed by atoms with Gasteiger partial charge in [0.05, 0.1) is 18.6 Å². The molecule has 3 aliphatic rings. The molecule has 4 nitrogen and oxygen atoms in total. The molecule has 0 amide bonds. The first-order valence-electron chi connectivity index (χ1n) is 13.1. The highest BCUT2D eigenvalue weighted by Crippen LogP contribution is 2.37. The second-order valence-corrected chi connectivity index (χ2v) is 10.3. The van der Waals surface area contributed by atoms with Crippen LogP contribution in [0.15, 0.2) is 0 Å². The van der Waals surface area contributed by atoms with Gasteiger partial charge in [0, 0.05) is 11.8 Å². The van der Waals surface area contributed by atoms with Crippen molar-refractivity contribution in [3.8, 4) is 0 Å². The first kappa shape index (κ1) is 24.0. The predicted octanol–water partition coefficient (Wildman–Crippen LogP) is 6.65. The number of rotatable bonds is 9. The number of carbonyl (C=O) groups excluding carboxylic acids is 1. The Kier molecular flexibility index (Phi) is 9.96. The first-order chi connectivity index (χ1) is 14.6. The number of ether oxygens (including phenoxy) is 3. The molecule has 0 radical (unpaired) electrons. The normalized spacial score (nSPS) is 37.6. The van der Waals surface area contributed by atoms with Crippen molar-refractivity contribution in [1.82, 2.24) is 0 Å². The number of carbonyl (C=O) groups is 1. The maximum atomic E-state index is 12.7. The minimum atomic E-state index is -0.0757. The molecule has 2 saturated carbocycles. The Bertz CT molecular complexity index is 491. The van der Waals surface area contributed by atoms with Crippen molar-refractivity contribution < 1.29 is 19.0 Å². The van der Waals surface area contributed by atoms with Crippen LogP contribution in [0.5, 0.6) is 0 Å². The molecule has 1 heterocycles. The molecule has 1 unspecified atom stereocenters. The van der Waals surface area contributed by atoms with Gasteiger partial charge in [0.1, 0.15) is 6.10 Å². The van der Waals surface area contributed by atoms with E-state index >= 15 is 0 Å². The van der Waals surface area contributed by atoms with Gasteiger partial charge in [-0.15, -0.1) is 0 Å². The van der Waals surface area contributed by atoms with Gasteiger partial charge in [0.15, 0.2) is 6.29 Å². The summed E-state index contributed by atoms with van der Waals surface area (Å²) < 4.78 is 18.3. The lowest BCUT2D eigenvalue weighted by molar-refractivity contribution is -0.257. The Labute approximate surface area is 184 Å². The van der Waals surface area contributed by atoms with E-state index in [0.29, 0.717) is 11.8 Å². The summed E-state index contributed by atoms with van der Waals surface area (Å²) in [6.45, 7) is 7.55. The van der Waals surface area contributed by atoms with E-state index in [-0.39, 0.29) is 30.4 Å². The highest BCUT2D eigenvalue weighted by atomic mass is 16.7. The van der Waals surface area contributed by atoms with Crippen LogP contribution in [-0.4, -0.2) is 31.1 Å². The Morgan fingerprint density at radius 3 is 2.27 bits per heavy atom. The standard InChI is InChI=1S/C26H46O4/c1-4-6-7-9-23-18-28-26(29-19(23)3)22-14-12-21(13-15-22)25(27)30-24-16-10-20(8-5-2)11-17-24/h19-24,26H,4-18H2,1-3H3/t19-,20?,21-,22-,23?,24?,26-/m0/s1. The molecule has 4 heteroatoms. The van der Waals surface area contributed by atoms with Crippen LogP contribution < -0.4 is 0 Å². The molecule has 1 saturated heterocycles. The fraction of sp³-hybridized carbons (Fsp3) is 0.962. The van der Waals surface area contributed by atoms with Crippen LogP contribution in [0.2, 0.25) is 0 Å². The molecule has 0 aromatic rings. The topological polar surface area (TPSA) is 44.8 Å². The Hall–Kier alpha value is -0.610. The summed E-state index contributed by atoms with van der Waals surface area (Å²) in [5.41, 5.74) is 0. The summed E-state index contributed by atoms with van der Waals surface area (Å²) in [5.74, 6) is 1.95. The van der Waals surface area contributed by atoms with Crippen LogP contribution in [0.25, 0.3) is 0 Å². The van der Waals surface area contributed by atoms with Gasteiger partial charge in [-0.25, -0.2) is 0 Å². The van der Waals surface area contributed by atoms with Crippen LogP contribution in [0, 0.1) is 23.7 Å². The molecule has 174 valence electrons. The molecular weight excluding hydrogens is 376 g/mol. The van der Waals surface area contributed by atoms with Crippen molar-refractivity contribution in [3.05, 3.63) is 0 Å². The van der Waals surface area contributed by atoms with E-state index in [9.17, 15) is 4.79 Å². The van der Waals surface area contributed by atoms with Crippen LogP contribution in [-0.2, 0) is 19.0 Å². The van der Waals surface area contributed by atoms with Crippen molar-refractivity contribution in [1.29, 1.82) is 0 Å². The third-order valence-electron chi connectivity index (χ3n) is 7.93. The zero-order valence-electron chi connectivity index (χ0n) is 19.8. The minimum absolute atomic E-state index is 0.0576. The van der Waals surface area contributed by atoms with E-state index in [1.807, 2.05) is 0 Å².